The van der Waals surface area contributed by atoms with Gasteiger partial charge in [0.25, 0.3) is 11.7 Å². The number of methoxy groups -OCH3 is 3. The van der Waals surface area contributed by atoms with Gasteiger partial charge >= 0.3 is 5.16 Å². The van der Waals surface area contributed by atoms with Crippen molar-refractivity contribution < 1.29 is 28.7 Å². The lowest BCUT2D eigenvalue weighted by Gasteiger charge is -2.11. The lowest BCUT2D eigenvalue weighted by molar-refractivity contribution is -0.719. The van der Waals surface area contributed by atoms with Crippen LogP contribution in [0, 0.1) is 0 Å². The predicted molar refractivity (Wildman–Crippen MR) is 122 cm³/mol. The average molecular weight is 472 g/mol. The maximum absolute atomic E-state index is 12.2. The number of hydrogen-bond donors (Lipinski definition) is 2. The number of rotatable bonds is 10. The third-order valence-corrected chi connectivity index (χ3v) is 5.63. The highest BCUT2D eigenvalue weighted by atomic mass is 32.2. The number of carbonyl (C=O) groups excluding carboxylic acids is 1. The van der Waals surface area contributed by atoms with Crippen LogP contribution >= 0.6 is 11.8 Å². The Labute approximate surface area is 195 Å². The van der Waals surface area contributed by atoms with Crippen LogP contribution in [-0.2, 0) is 11.3 Å². The fourth-order valence-electron chi connectivity index (χ4n) is 3.03. The van der Waals surface area contributed by atoms with E-state index >= 15 is 0 Å². The van der Waals surface area contributed by atoms with Crippen molar-refractivity contribution in [3.8, 4) is 34.4 Å². The van der Waals surface area contributed by atoms with Crippen LogP contribution in [0.1, 0.15) is 12.5 Å². The quantitative estimate of drug-likeness (QED) is 0.200. The molecule has 0 atom stereocenters. The molecule has 10 nitrogen and oxygen atoms in total. The van der Waals surface area contributed by atoms with Crippen molar-refractivity contribution in [1.82, 2.24) is 15.6 Å². The van der Waals surface area contributed by atoms with Gasteiger partial charge in [-0.1, -0.05) is 17.9 Å². The van der Waals surface area contributed by atoms with E-state index in [0.29, 0.717) is 28.8 Å². The van der Waals surface area contributed by atoms with Crippen LogP contribution in [0.15, 0.2) is 46.7 Å². The Morgan fingerprint density at radius 1 is 1.15 bits per heavy atom. The summed E-state index contributed by atoms with van der Waals surface area (Å²) in [6, 6.07) is 10.1. The number of amides is 1. The van der Waals surface area contributed by atoms with Gasteiger partial charge in [0, 0.05) is 0 Å². The van der Waals surface area contributed by atoms with Gasteiger partial charge in [0.1, 0.15) is 5.75 Å². The number of aromatic amines is 1. The van der Waals surface area contributed by atoms with E-state index in [-0.39, 0.29) is 23.2 Å². The van der Waals surface area contributed by atoms with E-state index in [1.807, 2.05) is 29.7 Å². The van der Waals surface area contributed by atoms with Crippen molar-refractivity contribution in [2.75, 3.05) is 27.1 Å². The molecule has 174 valence electrons. The zero-order chi connectivity index (χ0) is 23.8. The molecule has 0 saturated carbocycles. The molecule has 0 fully saturated rings. The number of hydrogen-bond acceptors (Lipinski definition) is 8. The van der Waals surface area contributed by atoms with Crippen molar-refractivity contribution >= 4 is 23.9 Å². The molecule has 0 aliphatic carbocycles. The molecular formula is C22H25N5O5S. The first-order chi connectivity index (χ1) is 16.0. The van der Waals surface area contributed by atoms with Crippen molar-refractivity contribution in [2.24, 2.45) is 5.10 Å². The largest absolute Gasteiger partial charge is 0.870 e. The Morgan fingerprint density at radius 2 is 1.91 bits per heavy atom. The third-order valence-electron chi connectivity index (χ3n) is 4.65. The Morgan fingerprint density at radius 3 is 2.61 bits per heavy atom. The Balaban J connectivity index is 1.64. The van der Waals surface area contributed by atoms with Crippen molar-refractivity contribution in [1.29, 1.82) is 0 Å². The number of nitrogens with one attached hydrogen (secondary N) is 2. The van der Waals surface area contributed by atoms with E-state index < -0.39 is 0 Å². The van der Waals surface area contributed by atoms with E-state index in [2.05, 4.69) is 20.7 Å². The summed E-state index contributed by atoms with van der Waals surface area (Å²) in [7, 11) is 4.59. The van der Waals surface area contributed by atoms with E-state index in [1.165, 1.54) is 31.2 Å². The van der Waals surface area contributed by atoms with E-state index in [9.17, 15) is 9.90 Å². The summed E-state index contributed by atoms with van der Waals surface area (Å²) in [6.45, 7) is 2.65. The zero-order valence-corrected chi connectivity index (χ0v) is 19.6. The molecule has 1 heterocycles. The molecule has 11 heteroatoms. The zero-order valence-electron chi connectivity index (χ0n) is 18.7. The number of aromatic nitrogens is 3. The van der Waals surface area contributed by atoms with Crippen LogP contribution < -0.4 is 29.3 Å². The molecule has 2 aromatic carbocycles. The maximum atomic E-state index is 12.2. The number of carbonyl (C=O) groups is 1. The van der Waals surface area contributed by atoms with Gasteiger partial charge in [-0.15, -0.1) is 5.10 Å². The fourth-order valence-corrected chi connectivity index (χ4v) is 3.84. The maximum Gasteiger partial charge on any atom is 0.337 e. The van der Waals surface area contributed by atoms with Crippen LogP contribution in [0.5, 0.6) is 23.0 Å². The highest BCUT2D eigenvalue weighted by molar-refractivity contribution is 7.99. The number of ether oxygens (including phenoxy) is 3. The molecule has 0 unspecified atom stereocenters. The number of H-pyrrole nitrogens is 1. The Kier molecular flexibility index (Phi) is 8.14. The van der Waals surface area contributed by atoms with Gasteiger partial charge in [0.05, 0.1) is 50.5 Å². The van der Waals surface area contributed by atoms with Crippen LogP contribution in [0.4, 0.5) is 0 Å². The summed E-state index contributed by atoms with van der Waals surface area (Å²) in [5.74, 6) is 1.87. The number of thioether (sulfide) groups is 1. The summed E-state index contributed by atoms with van der Waals surface area (Å²) in [6.07, 6.45) is 1.44. The fraction of sp³-hybridized carbons (Fsp3) is 0.273. The second kappa shape index (κ2) is 11.2. The number of hydrazone groups is 1. The molecule has 0 spiro atoms. The molecule has 3 aromatic rings. The molecule has 1 aromatic heterocycles. The van der Waals surface area contributed by atoms with Gasteiger partial charge in [-0.2, -0.15) is 5.10 Å². The van der Waals surface area contributed by atoms with Crippen LogP contribution in [0.2, 0.25) is 0 Å². The lowest BCUT2D eigenvalue weighted by Crippen LogP contribution is -2.36. The van der Waals surface area contributed by atoms with Gasteiger partial charge in [-0.05, 0) is 48.5 Å². The van der Waals surface area contributed by atoms with Gasteiger partial charge in [-0.25, -0.2) is 9.99 Å². The monoisotopic (exact) mass is 471 g/mol. The second-order valence-electron chi connectivity index (χ2n) is 6.66. The normalized spacial score (nSPS) is 10.9. The van der Waals surface area contributed by atoms with Crippen molar-refractivity contribution in [3.63, 3.8) is 0 Å². The van der Waals surface area contributed by atoms with Gasteiger partial charge in [-0.3, -0.25) is 4.79 Å². The standard InChI is InChI=1S/C22H25N5O5S/c1-5-27-21(15-7-9-17(30-2)19(11-15)32-4)25-26-22(27)33-13-20(29)24-23-12-14-6-8-16(28)18(10-14)31-3/h6-12H,5,13H2,1-4H3,(H2,23,24,28,29). The predicted octanol–water partition coefficient (Wildman–Crippen LogP) is 1.73. The lowest BCUT2D eigenvalue weighted by atomic mass is 10.2. The first kappa shape index (κ1) is 23.9. The molecule has 0 aliphatic rings. The molecule has 0 aliphatic heterocycles. The molecule has 0 bridgehead atoms. The molecule has 3 rings (SSSR count). The molecular weight excluding hydrogens is 446 g/mol. The molecule has 33 heavy (non-hydrogen) atoms. The number of benzene rings is 2. The molecule has 0 saturated heterocycles. The van der Waals surface area contributed by atoms with E-state index in [1.54, 1.807) is 26.4 Å². The summed E-state index contributed by atoms with van der Waals surface area (Å²) >= 11 is 1.28. The molecule has 2 N–H and O–H groups in total. The van der Waals surface area contributed by atoms with E-state index in [4.69, 9.17) is 14.2 Å². The minimum absolute atomic E-state index is 0.121. The summed E-state index contributed by atoms with van der Waals surface area (Å²) in [4.78, 5) is 12.2. The first-order valence-corrected chi connectivity index (χ1v) is 11.0. The number of nitrogens with zero attached hydrogens (tertiary/aromatic N) is 3. The minimum Gasteiger partial charge on any atom is -0.870 e. The van der Waals surface area contributed by atoms with Crippen LogP contribution in [0.3, 0.4) is 0 Å². The smallest absolute Gasteiger partial charge is 0.337 e. The SMILES string of the molecule is CC[n+]1c(SCC(=O)NN=Cc2ccc([O-])c(OC)c2)n[nH]c1-c1ccc(OC)c(OC)c1. The molecule has 1 amide bonds. The Bertz CT molecular complexity index is 1150. The average Bonchev–Trinajstić information content (AvgIpc) is 3.26. The highest BCUT2D eigenvalue weighted by Gasteiger charge is 2.22. The minimum atomic E-state index is -0.290. The summed E-state index contributed by atoms with van der Waals surface area (Å²) < 4.78 is 17.6. The van der Waals surface area contributed by atoms with Gasteiger partial charge < -0.3 is 19.3 Å². The highest BCUT2D eigenvalue weighted by Crippen LogP contribution is 2.31. The molecule has 0 radical (unpaired) electrons. The second-order valence-corrected chi connectivity index (χ2v) is 7.60. The topological polar surface area (TPSA) is 125 Å². The van der Waals surface area contributed by atoms with Gasteiger partial charge in [0.15, 0.2) is 11.5 Å². The Hall–Kier alpha value is -3.73. The third kappa shape index (κ3) is 5.75. The first-order valence-electron chi connectivity index (χ1n) is 10.0. The van der Waals surface area contributed by atoms with Crippen LogP contribution in [0.25, 0.3) is 11.4 Å². The van der Waals surface area contributed by atoms with E-state index in [0.717, 1.165) is 11.4 Å². The van der Waals surface area contributed by atoms with Gasteiger partial charge in [0.2, 0.25) is 0 Å². The summed E-state index contributed by atoms with van der Waals surface area (Å²) in [5, 5.41) is 23.5. The van der Waals surface area contributed by atoms with Crippen LogP contribution in [-0.4, -0.2) is 49.4 Å². The summed E-state index contributed by atoms with van der Waals surface area (Å²) in [5.41, 5.74) is 3.98. The van der Waals surface area contributed by atoms with Crippen molar-refractivity contribution in [2.45, 2.75) is 18.6 Å². The van der Waals surface area contributed by atoms with Crippen molar-refractivity contribution in [3.05, 3.63) is 42.0 Å².